The molecule has 3 heterocycles. The Morgan fingerprint density at radius 1 is 0.943 bits per heavy atom. The van der Waals surface area contributed by atoms with Gasteiger partial charge in [-0.3, -0.25) is 29.0 Å². The number of nitrogens with two attached hydrogens (primary N) is 4. The molecule has 0 aliphatic carbocycles. The Balaban J connectivity index is 1.77. The molecule has 1 aromatic rings. The van der Waals surface area contributed by atoms with Crippen molar-refractivity contribution in [2.24, 2.45) is 33.8 Å². The predicted octanol–water partition coefficient (Wildman–Crippen LogP) is -1.97. The lowest BCUT2D eigenvalue weighted by Gasteiger charge is -2.31. The zero-order valence-electron chi connectivity index (χ0n) is 30.8. The summed E-state index contributed by atoms with van der Waals surface area (Å²) in [4.78, 5) is 94.1. The Morgan fingerprint density at radius 2 is 1.58 bits per heavy atom. The minimum atomic E-state index is -1.16. The van der Waals surface area contributed by atoms with Gasteiger partial charge in [-0.2, -0.15) is 0 Å². The summed E-state index contributed by atoms with van der Waals surface area (Å²) in [6, 6.07) is -5.98. The number of likely N-dealkylation sites (tertiary alicyclic amines) is 2. The molecule has 0 radical (unpaired) electrons. The van der Waals surface area contributed by atoms with Crippen LogP contribution in [0.5, 0.6) is 0 Å². The molecule has 2 saturated heterocycles. The largest absolute Gasteiger partial charge is 0.480 e. The SMILES string of the molecule is CC[C@H](C)[C@H](NC(=O)[C@@H]1CCCN1C(=O)[C@H](Cc1cnc[nH]1)NC(=O)[C@H](CCCCN)NC(=O)[C@@H]1CCCN1C(=O)[C@@H](N)CCCN=C(N)N)C(=O)O. The maximum atomic E-state index is 14.2. The molecular formula is C34H58N12O7. The average Bonchev–Trinajstić information content (AvgIpc) is 3.93. The minimum absolute atomic E-state index is 0.00940. The van der Waals surface area contributed by atoms with Crippen molar-refractivity contribution in [3.8, 4) is 0 Å². The highest BCUT2D eigenvalue weighted by molar-refractivity contribution is 5.96. The maximum absolute atomic E-state index is 14.2. The van der Waals surface area contributed by atoms with Crippen molar-refractivity contribution in [3.05, 3.63) is 18.2 Å². The predicted molar refractivity (Wildman–Crippen MR) is 195 cm³/mol. The Labute approximate surface area is 309 Å². The fourth-order valence-corrected chi connectivity index (χ4v) is 6.71. The second-order valence-electron chi connectivity index (χ2n) is 13.8. The van der Waals surface area contributed by atoms with Crippen LogP contribution >= 0.6 is 0 Å². The number of guanidine groups is 1. The van der Waals surface area contributed by atoms with Crippen LogP contribution in [0, 0.1) is 5.92 Å². The fraction of sp³-hybridized carbons (Fsp3) is 0.706. The molecular weight excluding hydrogens is 688 g/mol. The van der Waals surface area contributed by atoms with Crippen molar-refractivity contribution >= 4 is 41.5 Å². The van der Waals surface area contributed by atoms with Gasteiger partial charge in [-0.15, -0.1) is 0 Å². The number of hydrogen-bond donors (Lipinski definition) is 9. The molecule has 296 valence electrons. The summed E-state index contributed by atoms with van der Waals surface area (Å²) in [5.41, 5.74) is 23.2. The molecule has 13 N–H and O–H groups in total. The van der Waals surface area contributed by atoms with Crippen LogP contribution in [0.4, 0.5) is 0 Å². The van der Waals surface area contributed by atoms with E-state index in [0.29, 0.717) is 83.1 Å². The number of aromatic nitrogens is 2. The minimum Gasteiger partial charge on any atom is -0.480 e. The van der Waals surface area contributed by atoms with Crippen LogP contribution in [0.2, 0.25) is 0 Å². The van der Waals surface area contributed by atoms with Gasteiger partial charge in [0.2, 0.25) is 29.5 Å². The van der Waals surface area contributed by atoms with Crippen LogP contribution in [0.3, 0.4) is 0 Å². The van der Waals surface area contributed by atoms with Crippen LogP contribution in [0.15, 0.2) is 17.5 Å². The Bertz CT molecular complexity index is 1420. The molecule has 19 nitrogen and oxygen atoms in total. The number of unbranched alkanes of at least 4 members (excludes halogenated alkanes) is 1. The normalized spacial score (nSPS) is 19.8. The number of H-pyrrole nitrogens is 1. The van der Waals surface area contributed by atoms with Gasteiger partial charge in [0.1, 0.15) is 30.2 Å². The van der Waals surface area contributed by atoms with Crippen LogP contribution in [-0.4, -0.2) is 129 Å². The van der Waals surface area contributed by atoms with Crippen molar-refractivity contribution in [1.82, 2.24) is 35.7 Å². The summed E-state index contributed by atoms with van der Waals surface area (Å²) >= 11 is 0. The lowest BCUT2D eigenvalue weighted by Crippen LogP contribution is -2.59. The smallest absolute Gasteiger partial charge is 0.326 e. The zero-order valence-corrected chi connectivity index (χ0v) is 30.8. The van der Waals surface area contributed by atoms with Crippen LogP contribution in [0.1, 0.15) is 83.7 Å². The molecule has 2 fully saturated rings. The lowest BCUT2D eigenvalue weighted by molar-refractivity contribution is -0.146. The molecule has 0 unspecified atom stereocenters. The lowest BCUT2D eigenvalue weighted by atomic mass is 9.98. The monoisotopic (exact) mass is 746 g/mol. The standard InChI is InChI=1S/C34H58N12O7/c1-3-20(2)27(33(52)53)44-30(49)26-12-8-16-46(26)32(51)24(17-21-18-39-19-41-21)43-28(47)23(10-4-5-13-35)42-29(48)25-11-7-15-45(25)31(50)22(36)9-6-14-40-34(37)38/h18-20,22-27H,3-17,35-36H2,1-2H3,(H,39,41)(H,42,48)(H,43,47)(H,44,49)(H,52,53)(H4,37,38,40)/t20-,22-,23-,24-,25-,26-,27-/m0/s1. The quantitative estimate of drug-likeness (QED) is 0.0376. The molecule has 2 aliphatic heterocycles. The van der Waals surface area contributed by atoms with Gasteiger partial charge >= 0.3 is 5.97 Å². The number of hydrogen-bond acceptors (Lipinski definition) is 10. The van der Waals surface area contributed by atoms with E-state index in [2.05, 4.69) is 30.9 Å². The number of aliphatic carboxylic acids is 1. The molecule has 0 spiro atoms. The molecule has 7 atom stereocenters. The maximum Gasteiger partial charge on any atom is 0.326 e. The van der Waals surface area contributed by atoms with E-state index in [0.717, 1.165) is 0 Å². The van der Waals surface area contributed by atoms with Gasteiger partial charge in [0, 0.05) is 37.9 Å². The first kappa shape index (κ1) is 42.6. The van der Waals surface area contributed by atoms with Crippen molar-refractivity contribution in [1.29, 1.82) is 0 Å². The molecule has 0 bridgehead atoms. The van der Waals surface area contributed by atoms with Crippen LogP contribution < -0.4 is 38.9 Å². The molecule has 53 heavy (non-hydrogen) atoms. The number of carbonyl (C=O) groups excluding carboxylic acids is 5. The third-order valence-electron chi connectivity index (χ3n) is 9.91. The summed E-state index contributed by atoms with van der Waals surface area (Å²) in [5.74, 6) is -4.19. The van der Waals surface area contributed by atoms with Gasteiger partial charge in [-0.05, 0) is 70.3 Å². The number of carboxylic acids is 1. The Hall–Kier alpha value is -4.78. The number of nitrogens with zero attached hydrogens (tertiary/aromatic N) is 4. The van der Waals surface area contributed by atoms with Gasteiger partial charge in [0.25, 0.3) is 0 Å². The summed E-state index contributed by atoms with van der Waals surface area (Å²) in [7, 11) is 0. The Kier molecular flexibility index (Phi) is 16.9. The summed E-state index contributed by atoms with van der Waals surface area (Å²) in [5, 5.41) is 18.0. The summed E-state index contributed by atoms with van der Waals surface area (Å²) < 4.78 is 0. The molecule has 0 saturated carbocycles. The number of imidazole rings is 1. The topological polar surface area (TPSA) is 310 Å². The number of rotatable bonds is 21. The second-order valence-corrected chi connectivity index (χ2v) is 13.8. The first-order valence-corrected chi connectivity index (χ1v) is 18.5. The summed E-state index contributed by atoms with van der Waals surface area (Å²) in [6.07, 6.45) is 7.35. The number of nitrogens with one attached hydrogen (secondary N) is 4. The molecule has 19 heteroatoms. The van der Waals surface area contributed by atoms with Crippen molar-refractivity contribution < 1.29 is 33.9 Å². The Morgan fingerprint density at radius 3 is 2.15 bits per heavy atom. The van der Waals surface area contributed by atoms with Gasteiger partial charge in [-0.1, -0.05) is 20.3 Å². The second kappa shape index (κ2) is 21.1. The van der Waals surface area contributed by atoms with Gasteiger partial charge in [0.15, 0.2) is 5.96 Å². The highest BCUT2D eigenvalue weighted by atomic mass is 16.4. The third kappa shape index (κ3) is 12.4. The van der Waals surface area contributed by atoms with E-state index in [-0.39, 0.29) is 37.2 Å². The van der Waals surface area contributed by atoms with Gasteiger partial charge < -0.3 is 58.8 Å². The number of carbonyl (C=O) groups is 6. The van der Waals surface area contributed by atoms with E-state index < -0.39 is 65.8 Å². The van der Waals surface area contributed by atoms with Crippen LogP contribution in [0.25, 0.3) is 0 Å². The summed E-state index contributed by atoms with van der Waals surface area (Å²) in [6.45, 7) is 4.79. The highest BCUT2D eigenvalue weighted by Crippen LogP contribution is 2.22. The molecule has 1 aromatic heterocycles. The number of amides is 5. The average molecular weight is 747 g/mol. The first-order valence-electron chi connectivity index (χ1n) is 18.5. The van der Waals surface area contributed by atoms with Crippen LogP contribution in [-0.2, 0) is 35.2 Å². The van der Waals surface area contributed by atoms with E-state index in [9.17, 15) is 33.9 Å². The molecule has 0 aromatic carbocycles. The van der Waals surface area contributed by atoms with E-state index >= 15 is 0 Å². The van der Waals surface area contributed by atoms with Crippen molar-refractivity contribution in [2.45, 2.75) is 121 Å². The van der Waals surface area contributed by atoms with Gasteiger partial charge in [-0.25, -0.2) is 9.78 Å². The van der Waals surface area contributed by atoms with E-state index in [1.807, 2.05) is 6.92 Å². The van der Waals surface area contributed by atoms with Crippen molar-refractivity contribution in [2.75, 3.05) is 26.2 Å². The third-order valence-corrected chi connectivity index (χ3v) is 9.91. The van der Waals surface area contributed by atoms with Gasteiger partial charge in [0.05, 0.1) is 12.4 Å². The number of carboxylic acid groups (broad SMARTS) is 1. The fourth-order valence-electron chi connectivity index (χ4n) is 6.71. The van der Waals surface area contributed by atoms with E-state index in [4.69, 9.17) is 22.9 Å². The first-order chi connectivity index (χ1) is 25.3. The molecule has 3 rings (SSSR count). The zero-order chi connectivity index (χ0) is 39.1. The number of aliphatic imine (C=N–C) groups is 1. The number of aromatic amines is 1. The highest BCUT2D eigenvalue weighted by Gasteiger charge is 2.41. The van der Waals surface area contributed by atoms with E-state index in [1.165, 1.54) is 22.3 Å². The molecule has 5 amide bonds. The molecule has 2 aliphatic rings. The van der Waals surface area contributed by atoms with E-state index in [1.54, 1.807) is 6.92 Å². The van der Waals surface area contributed by atoms with Crippen molar-refractivity contribution in [3.63, 3.8) is 0 Å².